The van der Waals surface area contributed by atoms with Gasteiger partial charge in [0.2, 0.25) is 0 Å². The van der Waals surface area contributed by atoms with Crippen molar-refractivity contribution in [3.63, 3.8) is 0 Å². The molecule has 6 heteroatoms. The van der Waals surface area contributed by atoms with E-state index in [2.05, 4.69) is 9.97 Å². The lowest BCUT2D eigenvalue weighted by Gasteiger charge is -2.10. The Morgan fingerprint density at radius 1 is 1.25 bits per heavy atom. The predicted molar refractivity (Wildman–Crippen MR) is 91.4 cm³/mol. The van der Waals surface area contributed by atoms with Crippen LogP contribution in [0.25, 0.3) is 0 Å². The Morgan fingerprint density at radius 2 is 2.08 bits per heavy atom. The van der Waals surface area contributed by atoms with Gasteiger partial charge in [0.25, 0.3) is 5.24 Å². The van der Waals surface area contributed by atoms with Crippen molar-refractivity contribution in [3.05, 3.63) is 65.8 Å². The van der Waals surface area contributed by atoms with Crippen LogP contribution in [-0.4, -0.2) is 21.2 Å². The number of ether oxygens (including phenoxy) is 1. The Balaban J connectivity index is 2.24. The molecule has 124 valence electrons. The molecule has 0 spiro atoms. The minimum Gasteiger partial charge on any atom is -0.422 e. The van der Waals surface area contributed by atoms with Gasteiger partial charge in [0.15, 0.2) is 0 Å². The predicted octanol–water partition coefficient (Wildman–Crippen LogP) is 3.97. The number of carbonyl (C=O) groups is 2. The summed E-state index contributed by atoms with van der Waals surface area (Å²) in [6.45, 7) is 2.04. The smallest absolute Gasteiger partial charge is 0.345 e. The molecular weight excluding hydrogens is 328 g/mol. The molecule has 5 nitrogen and oxygen atoms in total. The van der Waals surface area contributed by atoms with Crippen molar-refractivity contribution >= 4 is 22.8 Å². The molecular formula is C18H17ClN2O3. The summed E-state index contributed by atoms with van der Waals surface area (Å²) >= 11 is 5.68. The van der Waals surface area contributed by atoms with Gasteiger partial charge in [-0.15, -0.1) is 0 Å². The summed E-state index contributed by atoms with van der Waals surface area (Å²) in [7, 11) is 0. The summed E-state index contributed by atoms with van der Waals surface area (Å²) in [4.78, 5) is 32.0. The second kappa shape index (κ2) is 8.93. The Bertz CT molecular complexity index is 745. The number of rotatable bonds is 7. The molecule has 0 aliphatic carbocycles. The first kappa shape index (κ1) is 17.8. The van der Waals surface area contributed by atoms with Crippen LogP contribution in [0.2, 0.25) is 0 Å². The van der Waals surface area contributed by atoms with Crippen LogP contribution in [0.3, 0.4) is 0 Å². The summed E-state index contributed by atoms with van der Waals surface area (Å²) in [6, 6.07) is 4.66. The standard InChI is InChI=1S/C18H17ClN2O3/c1-2-3-4-5-8-14-16(17(19)22)15(9-11-21-14)24-18(23)13-7-6-10-20-12-13/h3-4,6-7,9-12H,2,5,8H2,1H3/b4-3-. The molecule has 0 aromatic carbocycles. The third kappa shape index (κ3) is 4.73. The van der Waals surface area contributed by atoms with Crippen molar-refractivity contribution < 1.29 is 14.3 Å². The van der Waals surface area contributed by atoms with Crippen LogP contribution >= 0.6 is 11.6 Å². The molecule has 2 aromatic rings. The molecule has 0 saturated heterocycles. The third-order valence-corrected chi connectivity index (χ3v) is 3.43. The van der Waals surface area contributed by atoms with E-state index in [9.17, 15) is 9.59 Å². The van der Waals surface area contributed by atoms with Gasteiger partial charge in [-0.1, -0.05) is 19.1 Å². The summed E-state index contributed by atoms with van der Waals surface area (Å²) < 4.78 is 5.32. The zero-order chi connectivity index (χ0) is 17.4. The molecule has 2 rings (SSSR count). The van der Waals surface area contributed by atoms with Gasteiger partial charge in [-0.3, -0.25) is 14.8 Å². The Hall–Kier alpha value is -2.53. The van der Waals surface area contributed by atoms with Gasteiger partial charge in [0, 0.05) is 24.7 Å². The van der Waals surface area contributed by atoms with Gasteiger partial charge in [-0.25, -0.2) is 4.79 Å². The molecule has 0 atom stereocenters. The molecule has 0 radical (unpaired) electrons. The minimum atomic E-state index is -0.702. The maximum Gasteiger partial charge on any atom is 0.345 e. The van der Waals surface area contributed by atoms with E-state index in [1.807, 2.05) is 19.1 Å². The number of esters is 1. The van der Waals surface area contributed by atoms with Crippen molar-refractivity contribution in [2.75, 3.05) is 0 Å². The molecule has 0 N–H and O–H groups in total. The van der Waals surface area contributed by atoms with Crippen molar-refractivity contribution in [2.45, 2.75) is 26.2 Å². The number of aryl methyl sites for hydroxylation is 1. The van der Waals surface area contributed by atoms with E-state index in [-0.39, 0.29) is 16.9 Å². The maximum absolute atomic E-state index is 12.2. The molecule has 0 fully saturated rings. The second-order valence-electron chi connectivity index (χ2n) is 4.95. The van der Waals surface area contributed by atoms with E-state index < -0.39 is 11.2 Å². The lowest BCUT2D eigenvalue weighted by atomic mass is 10.1. The van der Waals surface area contributed by atoms with Crippen LogP contribution in [0.1, 0.15) is 46.2 Å². The number of aromatic nitrogens is 2. The van der Waals surface area contributed by atoms with Crippen LogP contribution in [0.4, 0.5) is 0 Å². The highest BCUT2D eigenvalue weighted by atomic mass is 35.5. The van der Waals surface area contributed by atoms with Crippen molar-refractivity contribution in [3.8, 4) is 5.75 Å². The molecule has 0 aliphatic heterocycles. The third-order valence-electron chi connectivity index (χ3n) is 3.24. The molecule has 24 heavy (non-hydrogen) atoms. The second-order valence-corrected chi connectivity index (χ2v) is 5.30. The highest BCUT2D eigenvalue weighted by Gasteiger charge is 2.19. The fourth-order valence-corrected chi connectivity index (χ4v) is 2.32. The monoisotopic (exact) mass is 344 g/mol. The van der Waals surface area contributed by atoms with E-state index in [0.717, 1.165) is 12.8 Å². The lowest BCUT2D eigenvalue weighted by Crippen LogP contribution is -2.12. The first-order chi connectivity index (χ1) is 11.6. The van der Waals surface area contributed by atoms with Crippen molar-refractivity contribution in [2.24, 2.45) is 0 Å². The lowest BCUT2D eigenvalue weighted by molar-refractivity contribution is 0.0732. The minimum absolute atomic E-state index is 0.105. The topological polar surface area (TPSA) is 69.2 Å². The number of halogens is 1. The number of hydrogen-bond donors (Lipinski definition) is 0. The maximum atomic E-state index is 12.2. The van der Waals surface area contributed by atoms with Crippen LogP contribution in [0.5, 0.6) is 5.75 Å². The quantitative estimate of drug-likeness (QED) is 0.432. The molecule has 2 aromatic heterocycles. The highest BCUT2D eigenvalue weighted by molar-refractivity contribution is 6.68. The van der Waals surface area contributed by atoms with Crippen molar-refractivity contribution in [1.29, 1.82) is 0 Å². The highest BCUT2D eigenvalue weighted by Crippen LogP contribution is 2.25. The number of pyridine rings is 2. The Morgan fingerprint density at radius 3 is 2.75 bits per heavy atom. The normalized spacial score (nSPS) is 10.8. The zero-order valence-corrected chi connectivity index (χ0v) is 14.0. The van der Waals surface area contributed by atoms with E-state index in [1.54, 1.807) is 18.3 Å². The summed E-state index contributed by atoms with van der Waals surface area (Å²) in [5, 5.41) is -0.702. The first-order valence-corrected chi connectivity index (χ1v) is 7.96. The average molecular weight is 345 g/mol. The van der Waals surface area contributed by atoms with Crippen LogP contribution in [0.15, 0.2) is 48.9 Å². The number of allylic oxidation sites excluding steroid dienone is 2. The largest absolute Gasteiger partial charge is 0.422 e. The Kier molecular flexibility index (Phi) is 6.63. The van der Waals surface area contributed by atoms with Crippen LogP contribution < -0.4 is 4.74 Å². The van der Waals surface area contributed by atoms with Crippen molar-refractivity contribution in [1.82, 2.24) is 9.97 Å². The van der Waals surface area contributed by atoms with E-state index in [0.29, 0.717) is 12.1 Å². The van der Waals surface area contributed by atoms with Gasteiger partial charge >= 0.3 is 5.97 Å². The molecule has 0 unspecified atom stereocenters. The average Bonchev–Trinajstić information content (AvgIpc) is 2.59. The number of hydrogen-bond acceptors (Lipinski definition) is 5. The van der Waals surface area contributed by atoms with Gasteiger partial charge in [-0.2, -0.15) is 0 Å². The fourth-order valence-electron chi connectivity index (χ4n) is 2.12. The SMILES string of the molecule is CC/C=C\CCc1nccc(OC(=O)c2cccnc2)c1C(=O)Cl. The summed E-state index contributed by atoms with van der Waals surface area (Å²) in [6.07, 6.45) is 10.7. The summed E-state index contributed by atoms with van der Waals surface area (Å²) in [5.41, 5.74) is 0.920. The molecule has 0 bridgehead atoms. The molecule has 2 heterocycles. The van der Waals surface area contributed by atoms with E-state index in [4.69, 9.17) is 16.3 Å². The van der Waals surface area contributed by atoms with E-state index in [1.165, 1.54) is 18.5 Å². The Labute approximate surface area is 145 Å². The van der Waals surface area contributed by atoms with Gasteiger partial charge < -0.3 is 4.74 Å². The summed E-state index contributed by atoms with van der Waals surface area (Å²) in [5.74, 6) is -0.501. The van der Waals surface area contributed by atoms with Crippen LogP contribution in [-0.2, 0) is 6.42 Å². The fraction of sp³-hybridized carbons (Fsp3) is 0.222. The molecule has 0 saturated carbocycles. The first-order valence-electron chi connectivity index (χ1n) is 7.58. The number of carbonyl (C=O) groups excluding carboxylic acids is 2. The number of nitrogens with zero attached hydrogens (tertiary/aromatic N) is 2. The molecule has 0 amide bonds. The van der Waals surface area contributed by atoms with Gasteiger partial charge in [-0.05, 0) is 43.0 Å². The van der Waals surface area contributed by atoms with Gasteiger partial charge in [0.1, 0.15) is 5.75 Å². The molecule has 0 aliphatic rings. The van der Waals surface area contributed by atoms with E-state index >= 15 is 0 Å². The van der Waals surface area contributed by atoms with Gasteiger partial charge in [0.05, 0.1) is 16.8 Å². The van der Waals surface area contributed by atoms with Crippen LogP contribution in [0, 0.1) is 0 Å². The zero-order valence-electron chi connectivity index (χ0n) is 13.2.